The van der Waals surface area contributed by atoms with Gasteiger partial charge in [-0.15, -0.1) is 0 Å². The van der Waals surface area contributed by atoms with Gasteiger partial charge in [0, 0.05) is 13.0 Å². The van der Waals surface area contributed by atoms with Crippen LogP contribution in [0.15, 0.2) is 33.6 Å². The Morgan fingerprint density at radius 3 is 2.91 bits per heavy atom. The van der Waals surface area contributed by atoms with Crippen molar-refractivity contribution >= 4 is 16.8 Å². The average molecular weight is 315 g/mol. The number of para-hydroxylation sites is 1. The number of carbonyl (C=O) groups excluding carboxylic acids is 1. The molecule has 0 spiro atoms. The van der Waals surface area contributed by atoms with E-state index in [2.05, 4.69) is 25.4 Å². The Morgan fingerprint density at radius 1 is 1.30 bits per heavy atom. The topological polar surface area (TPSA) is 134 Å². The number of hydrogen-bond donors (Lipinski definition) is 3. The average Bonchev–Trinajstić information content (AvgIpc) is 3.02. The second kappa shape index (κ2) is 6.36. The number of H-pyrrole nitrogens is 1. The van der Waals surface area contributed by atoms with Crippen LogP contribution in [0.5, 0.6) is 0 Å². The van der Waals surface area contributed by atoms with E-state index in [1.807, 2.05) is 0 Å². The maximum Gasteiger partial charge on any atom is 0.287 e. The molecule has 0 aliphatic rings. The Bertz CT molecular complexity index is 901. The zero-order valence-electron chi connectivity index (χ0n) is 11.9. The van der Waals surface area contributed by atoms with Gasteiger partial charge in [-0.1, -0.05) is 17.3 Å². The molecule has 3 N–H and O–H groups in total. The van der Waals surface area contributed by atoms with Gasteiger partial charge < -0.3 is 19.9 Å². The summed E-state index contributed by atoms with van der Waals surface area (Å²) in [5, 5.41) is 15.5. The molecule has 118 valence electrons. The van der Waals surface area contributed by atoms with Crippen molar-refractivity contribution in [3.05, 3.63) is 52.2 Å². The van der Waals surface area contributed by atoms with Crippen molar-refractivity contribution in [2.75, 3.05) is 6.54 Å². The number of nitrogens with one attached hydrogen (secondary N) is 2. The minimum absolute atomic E-state index is 0.0575. The van der Waals surface area contributed by atoms with E-state index in [0.717, 1.165) is 0 Å². The summed E-state index contributed by atoms with van der Waals surface area (Å²) in [5.74, 6) is -0.0715. The van der Waals surface area contributed by atoms with Crippen molar-refractivity contribution in [2.24, 2.45) is 0 Å². The van der Waals surface area contributed by atoms with Crippen molar-refractivity contribution in [1.29, 1.82) is 0 Å². The van der Waals surface area contributed by atoms with E-state index in [-0.39, 0.29) is 30.4 Å². The van der Waals surface area contributed by atoms with E-state index in [4.69, 9.17) is 9.63 Å². The molecule has 0 aliphatic heterocycles. The van der Waals surface area contributed by atoms with Crippen molar-refractivity contribution < 1.29 is 14.4 Å². The van der Waals surface area contributed by atoms with Gasteiger partial charge in [0.25, 0.3) is 17.4 Å². The van der Waals surface area contributed by atoms with Crippen LogP contribution in [0.3, 0.4) is 0 Å². The molecule has 9 heteroatoms. The fourth-order valence-corrected chi connectivity index (χ4v) is 2.02. The lowest BCUT2D eigenvalue weighted by molar-refractivity contribution is 0.0943. The number of benzene rings is 1. The van der Waals surface area contributed by atoms with E-state index in [9.17, 15) is 9.59 Å². The highest BCUT2D eigenvalue weighted by Gasteiger charge is 2.11. The third-order valence-electron chi connectivity index (χ3n) is 3.11. The first-order valence-corrected chi connectivity index (χ1v) is 6.87. The van der Waals surface area contributed by atoms with Gasteiger partial charge in [0.2, 0.25) is 0 Å². The summed E-state index contributed by atoms with van der Waals surface area (Å²) >= 11 is 0. The standard InChI is InChI=1S/C14H13N5O4/c20-7-11-17-10(19-23-11)5-6-15-14(22)12-16-9-4-2-1-3-8(9)13(21)18-12/h1-4,20H,5-7H2,(H,15,22)(H,16,18,21). The lowest BCUT2D eigenvalue weighted by Gasteiger charge is -2.04. The largest absolute Gasteiger partial charge is 0.387 e. The van der Waals surface area contributed by atoms with Crippen LogP contribution in [0.25, 0.3) is 10.9 Å². The summed E-state index contributed by atoms with van der Waals surface area (Å²) in [6.45, 7) is -0.0959. The summed E-state index contributed by atoms with van der Waals surface area (Å²) in [7, 11) is 0. The molecular weight excluding hydrogens is 302 g/mol. The number of fused-ring (bicyclic) bond motifs is 1. The van der Waals surface area contributed by atoms with Crippen LogP contribution in [-0.4, -0.2) is 37.7 Å². The maximum absolute atomic E-state index is 12.0. The number of aliphatic hydroxyl groups is 1. The highest BCUT2D eigenvalue weighted by Crippen LogP contribution is 2.05. The van der Waals surface area contributed by atoms with Crippen LogP contribution >= 0.6 is 0 Å². The van der Waals surface area contributed by atoms with Crippen LogP contribution in [0.4, 0.5) is 0 Å². The van der Waals surface area contributed by atoms with Gasteiger partial charge in [-0.05, 0) is 12.1 Å². The molecule has 0 saturated heterocycles. The Balaban J connectivity index is 1.67. The molecule has 0 radical (unpaired) electrons. The molecule has 3 aromatic rings. The molecule has 23 heavy (non-hydrogen) atoms. The lowest BCUT2D eigenvalue weighted by Crippen LogP contribution is -2.29. The van der Waals surface area contributed by atoms with Crippen LogP contribution in [-0.2, 0) is 13.0 Å². The monoisotopic (exact) mass is 315 g/mol. The van der Waals surface area contributed by atoms with E-state index < -0.39 is 5.91 Å². The van der Waals surface area contributed by atoms with Gasteiger partial charge in [-0.3, -0.25) is 9.59 Å². The van der Waals surface area contributed by atoms with Gasteiger partial charge in [-0.2, -0.15) is 4.98 Å². The lowest BCUT2D eigenvalue weighted by atomic mass is 10.2. The van der Waals surface area contributed by atoms with Crippen LogP contribution < -0.4 is 10.9 Å². The van der Waals surface area contributed by atoms with E-state index in [1.54, 1.807) is 24.3 Å². The van der Waals surface area contributed by atoms with Crippen LogP contribution in [0, 0.1) is 0 Å². The SMILES string of the molecule is O=C(NCCc1noc(CO)n1)c1nc2ccccc2c(=O)[nH]1. The number of aliphatic hydroxyl groups excluding tert-OH is 1. The first-order chi connectivity index (χ1) is 11.2. The number of carbonyl (C=O) groups is 1. The summed E-state index contributed by atoms with van der Waals surface area (Å²) < 4.78 is 4.74. The maximum atomic E-state index is 12.0. The van der Waals surface area contributed by atoms with Crippen LogP contribution in [0.1, 0.15) is 22.3 Å². The van der Waals surface area contributed by atoms with E-state index in [1.165, 1.54) is 0 Å². The molecule has 1 amide bonds. The molecular formula is C14H13N5O4. The minimum atomic E-state index is -0.501. The van der Waals surface area contributed by atoms with Crippen molar-refractivity contribution in [3.63, 3.8) is 0 Å². The first-order valence-electron chi connectivity index (χ1n) is 6.87. The Morgan fingerprint density at radius 2 is 2.13 bits per heavy atom. The number of hydrogen-bond acceptors (Lipinski definition) is 7. The molecule has 2 heterocycles. The number of aromatic nitrogens is 4. The zero-order chi connectivity index (χ0) is 16.2. The molecule has 0 bridgehead atoms. The van der Waals surface area contributed by atoms with Gasteiger partial charge in [-0.25, -0.2) is 4.98 Å². The fraction of sp³-hybridized carbons (Fsp3) is 0.214. The number of aromatic amines is 1. The highest BCUT2D eigenvalue weighted by molar-refractivity contribution is 5.92. The van der Waals surface area contributed by atoms with Gasteiger partial charge >= 0.3 is 0 Å². The Kier molecular flexibility index (Phi) is 4.11. The quantitative estimate of drug-likeness (QED) is 0.592. The number of rotatable bonds is 5. The Hall–Kier alpha value is -3.07. The molecule has 0 atom stereocenters. The van der Waals surface area contributed by atoms with E-state index >= 15 is 0 Å². The van der Waals surface area contributed by atoms with Gasteiger partial charge in [0.1, 0.15) is 6.61 Å². The predicted octanol–water partition coefficient (Wildman–Crippen LogP) is -0.229. The predicted molar refractivity (Wildman–Crippen MR) is 78.6 cm³/mol. The summed E-state index contributed by atoms with van der Waals surface area (Å²) in [6.07, 6.45) is 0.326. The molecule has 1 aromatic carbocycles. The molecule has 9 nitrogen and oxygen atoms in total. The summed E-state index contributed by atoms with van der Waals surface area (Å²) in [4.78, 5) is 34.4. The molecule has 0 fully saturated rings. The third-order valence-corrected chi connectivity index (χ3v) is 3.11. The normalized spacial score (nSPS) is 10.8. The molecule has 2 aromatic heterocycles. The number of amides is 1. The van der Waals surface area contributed by atoms with E-state index in [0.29, 0.717) is 23.1 Å². The summed E-state index contributed by atoms with van der Waals surface area (Å²) in [6, 6.07) is 6.77. The summed E-state index contributed by atoms with van der Waals surface area (Å²) in [5.41, 5.74) is 0.0821. The second-order valence-corrected chi connectivity index (χ2v) is 4.70. The van der Waals surface area contributed by atoms with Crippen molar-refractivity contribution in [1.82, 2.24) is 25.4 Å². The van der Waals surface area contributed by atoms with Crippen molar-refractivity contribution in [2.45, 2.75) is 13.0 Å². The minimum Gasteiger partial charge on any atom is -0.387 e. The molecule has 3 rings (SSSR count). The zero-order valence-corrected chi connectivity index (χ0v) is 11.9. The second-order valence-electron chi connectivity index (χ2n) is 4.70. The smallest absolute Gasteiger partial charge is 0.287 e. The first kappa shape index (κ1) is 14.9. The van der Waals surface area contributed by atoms with Gasteiger partial charge in [0.15, 0.2) is 11.6 Å². The van der Waals surface area contributed by atoms with Crippen molar-refractivity contribution in [3.8, 4) is 0 Å². The molecule has 0 saturated carbocycles. The molecule has 0 aliphatic carbocycles. The van der Waals surface area contributed by atoms with Crippen LogP contribution in [0.2, 0.25) is 0 Å². The third kappa shape index (κ3) is 3.24. The molecule has 0 unspecified atom stereocenters. The van der Waals surface area contributed by atoms with Gasteiger partial charge in [0.05, 0.1) is 10.9 Å². The fourth-order valence-electron chi connectivity index (χ4n) is 2.02. The highest BCUT2D eigenvalue weighted by atomic mass is 16.5. The number of nitrogens with zero attached hydrogens (tertiary/aromatic N) is 3. The Labute approximate surface area is 129 Å².